The fourth-order valence-electron chi connectivity index (χ4n) is 4.84. The summed E-state index contributed by atoms with van der Waals surface area (Å²) >= 11 is 0. The Hall–Kier alpha value is -3.84. The maximum Gasteiger partial charge on any atom is 0.260 e. The molecule has 0 amide bonds. The van der Waals surface area contributed by atoms with Crippen LogP contribution < -0.4 is 10.5 Å². The molecule has 0 aliphatic carbocycles. The van der Waals surface area contributed by atoms with Crippen LogP contribution in [0.4, 0.5) is 5.82 Å². The van der Waals surface area contributed by atoms with Crippen LogP contribution in [0.1, 0.15) is 34.2 Å². The van der Waals surface area contributed by atoms with Gasteiger partial charge in [0.2, 0.25) is 0 Å². The molecule has 7 nitrogen and oxygen atoms in total. The van der Waals surface area contributed by atoms with Gasteiger partial charge in [-0.25, -0.2) is 4.98 Å². The number of piperazine rings is 1. The van der Waals surface area contributed by atoms with Crippen LogP contribution in [0.15, 0.2) is 82.3 Å². The van der Waals surface area contributed by atoms with Crippen LogP contribution in [0.3, 0.4) is 0 Å². The predicted octanol–water partition coefficient (Wildman–Crippen LogP) is 4.12. The zero-order valence-corrected chi connectivity index (χ0v) is 20.1. The summed E-state index contributed by atoms with van der Waals surface area (Å²) in [5.41, 5.74) is 3.03. The number of nitrogens with zero attached hydrogens (tertiary/aromatic N) is 4. The normalized spacial score (nSPS) is 15.3. The molecule has 0 radical (unpaired) electrons. The average molecular weight is 471 g/mol. The van der Waals surface area contributed by atoms with Crippen LogP contribution in [0.5, 0.6) is 5.75 Å². The van der Waals surface area contributed by atoms with Crippen molar-refractivity contribution < 1.29 is 9.52 Å². The second kappa shape index (κ2) is 9.80. The highest BCUT2D eigenvalue weighted by atomic mass is 16.3. The van der Waals surface area contributed by atoms with Crippen LogP contribution >= 0.6 is 0 Å². The molecule has 4 heterocycles. The number of hydrogen-bond acceptors (Lipinski definition) is 6. The van der Waals surface area contributed by atoms with Crippen molar-refractivity contribution in [1.82, 2.24) is 14.5 Å². The Balaban J connectivity index is 1.53. The Morgan fingerprint density at radius 1 is 1.00 bits per heavy atom. The first-order chi connectivity index (χ1) is 17.0. The third-order valence-corrected chi connectivity index (χ3v) is 6.74. The first-order valence-corrected chi connectivity index (χ1v) is 11.9. The molecule has 0 spiro atoms. The van der Waals surface area contributed by atoms with Crippen molar-refractivity contribution in [3.05, 3.63) is 112 Å². The number of aryl methyl sites for hydroxylation is 2. The summed E-state index contributed by atoms with van der Waals surface area (Å²) in [6.07, 6.45) is 3.41. The van der Waals surface area contributed by atoms with Gasteiger partial charge in [-0.1, -0.05) is 35.9 Å². The molecule has 180 valence electrons. The summed E-state index contributed by atoms with van der Waals surface area (Å²) in [6, 6.07) is 19.1. The van der Waals surface area contributed by atoms with Gasteiger partial charge in [-0.05, 0) is 49.7 Å². The third kappa shape index (κ3) is 4.72. The van der Waals surface area contributed by atoms with E-state index in [9.17, 15) is 9.90 Å². The highest BCUT2D eigenvalue weighted by Crippen LogP contribution is 2.34. The SMILES string of the molecule is Cc1ccc([C@H](c2c(O)cc(C)n(Cc3ccco3)c2=O)N2CCN(c3ccccn3)CC2)cc1. The van der Waals surface area contributed by atoms with Gasteiger partial charge in [-0.15, -0.1) is 0 Å². The lowest BCUT2D eigenvalue weighted by molar-refractivity contribution is 0.207. The molecular weight excluding hydrogens is 440 g/mol. The molecule has 1 aliphatic rings. The van der Waals surface area contributed by atoms with Crippen molar-refractivity contribution in [1.29, 1.82) is 0 Å². The molecule has 7 heteroatoms. The first-order valence-electron chi connectivity index (χ1n) is 11.9. The maximum absolute atomic E-state index is 13.9. The number of furan rings is 1. The molecule has 1 N–H and O–H groups in total. The summed E-state index contributed by atoms with van der Waals surface area (Å²) in [7, 11) is 0. The molecule has 0 unspecified atom stereocenters. The molecule has 1 aromatic carbocycles. The zero-order chi connectivity index (χ0) is 24.4. The van der Waals surface area contributed by atoms with E-state index in [1.807, 2.05) is 50.4 Å². The highest BCUT2D eigenvalue weighted by molar-refractivity contribution is 5.43. The summed E-state index contributed by atoms with van der Waals surface area (Å²) in [5.74, 6) is 1.68. The lowest BCUT2D eigenvalue weighted by atomic mass is 9.95. The van der Waals surface area contributed by atoms with E-state index in [0.717, 1.165) is 43.1 Å². The minimum absolute atomic E-state index is 0.0286. The van der Waals surface area contributed by atoms with Gasteiger partial charge in [0.05, 0.1) is 24.4 Å². The second-order valence-corrected chi connectivity index (χ2v) is 9.08. The molecule has 1 saturated heterocycles. The zero-order valence-electron chi connectivity index (χ0n) is 20.1. The van der Waals surface area contributed by atoms with Crippen LogP contribution in [0.2, 0.25) is 0 Å². The number of aromatic hydroxyl groups is 1. The quantitative estimate of drug-likeness (QED) is 0.457. The van der Waals surface area contributed by atoms with Crippen LogP contribution in [0, 0.1) is 13.8 Å². The van der Waals surface area contributed by atoms with E-state index in [2.05, 4.69) is 39.0 Å². The van der Waals surface area contributed by atoms with E-state index in [1.54, 1.807) is 16.9 Å². The molecular formula is C28H30N4O3. The molecule has 35 heavy (non-hydrogen) atoms. The third-order valence-electron chi connectivity index (χ3n) is 6.74. The Labute approximate surface area is 204 Å². The number of anilines is 1. The van der Waals surface area contributed by atoms with Gasteiger partial charge < -0.3 is 19.0 Å². The van der Waals surface area contributed by atoms with Crippen molar-refractivity contribution in [2.24, 2.45) is 0 Å². The van der Waals surface area contributed by atoms with Crippen LogP contribution in [0.25, 0.3) is 0 Å². The fourth-order valence-corrected chi connectivity index (χ4v) is 4.84. The van der Waals surface area contributed by atoms with Crippen molar-refractivity contribution in [2.45, 2.75) is 26.4 Å². The lowest BCUT2D eigenvalue weighted by Gasteiger charge is -2.40. The van der Waals surface area contributed by atoms with Crippen molar-refractivity contribution in [3.8, 4) is 5.75 Å². The van der Waals surface area contributed by atoms with Gasteiger partial charge in [0, 0.05) is 38.1 Å². The first kappa shape index (κ1) is 22.9. The van der Waals surface area contributed by atoms with Gasteiger partial charge in [0.1, 0.15) is 17.3 Å². The van der Waals surface area contributed by atoms with E-state index in [0.29, 0.717) is 23.6 Å². The number of hydrogen-bond donors (Lipinski definition) is 1. The molecule has 0 bridgehead atoms. The number of aromatic nitrogens is 2. The Morgan fingerprint density at radius 3 is 2.43 bits per heavy atom. The molecule has 0 saturated carbocycles. The van der Waals surface area contributed by atoms with Gasteiger partial charge in [0.25, 0.3) is 5.56 Å². The second-order valence-electron chi connectivity index (χ2n) is 9.08. The van der Waals surface area contributed by atoms with E-state index >= 15 is 0 Å². The highest BCUT2D eigenvalue weighted by Gasteiger charge is 2.31. The number of rotatable bonds is 6. The maximum atomic E-state index is 13.9. The Kier molecular flexibility index (Phi) is 6.42. The minimum Gasteiger partial charge on any atom is -0.507 e. The monoisotopic (exact) mass is 470 g/mol. The molecule has 1 atom stereocenters. The largest absolute Gasteiger partial charge is 0.507 e. The molecule has 3 aromatic heterocycles. The standard InChI is InChI=1S/C28H30N4O3/c1-20-8-10-22(11-9-20)27(31-15-13-30(14-16-31)25-7-3-4-12-29-25)26-24(33)18-21(2)32(28(26)34)19-23-6-5-17-35-23/h3-12,17-18,27,33H,13-16,19H2,1-2H3/t27-/m1/s1. The summed E-state index contributed by atoms with van der Waals surface area (Å²) in [4.78, 5) is 22.9. The van der Waals surface area contributed by atoms with Gasteiger partial charge in [-0.2, -0.15) is 0 Å². The molecule has 5 rings (SSSR count). The smallest absolute Gasteiger partial charge is 0.260 e. The summed E-state index contributed by atoms with van der Waals surface area (Å²) < 4.78 is 7.18. The van der Waals surface area contributed by atoms with Crippen LogP contribution in [-0.2, 0) is 6.54 Å². The minimum atomic E-state index is -0.363. The van der Waals surface area contributed by atoms with Gasteiger partial charge in [-0.3, -0.25) is 9.69 Å². The molecule has 1 aliphatic heterocycles. The fraction of sp³-hybridized carbons (Fsp3) is 0.286. The van der Waals surface area contributed by atoms with Gasteiger partial charge in [0.15, 0.2) is 0 Å². The van der Waals surface area contributed by atoms with E-state index in [1.165, 1.54) is 0 Å². The van der Waals surface area contributed by atoms with Gasteiger partial charge >= 0.3 is 0 Å². The predicted molar refractivity (Wildman–Crippen MR) is 136 cm³/mol. The lowest BCUT2D eigenvalue weighted by Crippen LogP contribution is -2.49. The Morgan fingerprint density at radius 2 is 1.77 bits per heavy atom. The van der Waals surface area contributed by atoms with E-state index in [-0.39, 0.29) is 17.4 Å². The summed E-state index contributed by atoms with van der Waals surface area (Å²) in [5, 5.41) is 11.1. The number of benzene rings is 1. The molecule has 1 fully saturated rings. The van der Waals surface area contributed by atoms with E-state index in [4.69, 9.17) is 4.42 Å². The summed E-state index contributed by atoms with van der Waals surface area (Å²) in [6.45, 7) is 7.24. The topological polar surface area (TPSA) is 74.7 Å². The van der Waals surface area contributed by atoms with E-state index < -0.39 is 0 Å². The molecule has 4 aromatic rings. The van der Waals surface area contributed by atoms with Crippen molar-refractivity contribution in [3.63, 3.8) is 0 Å². The van der Waals surface area contributed by atoms with Crippen LogP contribution in [-0.4, -0.2) is 45.7 Å². The van der Waals surface area contributed by atoms with Crippen molar-refractivity contribution >= 4 is 5.82 Å². The Bertz CT molecular complexity index is 1320. The number of pyridine rings is 2. The average Bonchev–Trinajstić information content (AvgIpc) is 3.39. The van der Waals surface area contributed by atoms with Crippen molar-refractivity contribution in [2.75, 3.05) is 31.1 Å².